The summed E-state index contributed by atoms with van der Waals surface area (Å²) in [6.07, 6.45) is 2.61. The van der Waals surface area contributed by atoms with Crippen LogP contribution < -0.4 is 5.73 Å². The number of rotatable bonds is 6. The van der Waals surface area contributed by atoms with Crippen molar-refractivity contribution >= 4 is 17.2 Å². The van der Waals surface area contributed by atoms with Gasteiger partial charge in [-0.05, 0) is 50.8 Å². The van der Waals surface area contributed by atoms with E-state index in [2.05, 4.69) is 18.7 Å². The van der Waals surface area contributed by atoms with E-state index in [-0.39, 0.29) is 5.82 Å². The maximum absolute atomic E-state index is 13.9. The lowest BCUT2D eigenvalue weighted by Crippen LogP contribution is -2.32. The van der Waals surface area contributed by atoms with Gasteiger partial charge < -0.3 is 5.73 Å². The summed E-state index contributed by atoms with van der Waals surface area (Å²) in [7, 11) is 0. The molecule has 1 fully saturated rings. The molecule has 0 atom stereocenters. The standard InChI is InChI=1S/C15H21FN2S/c1-10(2)18(8-11-3-4-11)9-13-7-12(15(17)19)5-6-14(13)16/h5-7,10-11H,3-4,8-9H2,1-2H3,(H2,17,19). The van der Waals surface area contributed by atoms with Gasteiger partial charge in [-0.3, -0.25) is 4.90 Å². The number of thiocarbonyl (C=S) groups is 1. The fourth-order valence-electron chi connectivity index (χ4n) is 2.16. The maximum atomic E-state index is 13.9. The van der Waals surface area contributed by atoms with Crippen LogP contribution in [0.15, 0.2) is 18.2 Å². The van der Waals surface area contributed by atoms with Crippen LogP contribution in [0.5, 0.6) is 0 Å². The van der Waals surface area contributed by atoms with Gasteiger partial charge in [0.25, 0.3) is 0 Å². The van der Waals surface area contributed by atoms with Crippen LogP contribution in [-0.4, -0.2) is 22.5 Å². The molecule has 1 aliphatic rings. The quantitative estimate of drug-likeness (QED) is 0.812. The van der Waals surface area contributed by atoms with Crippen molar-refractivity contribution in [1.82, 2.24) is 4.90 Å². The van der Waals surface area contributed by atoms with Crippen LogP contribution in [0.4, 0.5) is 4.39 Å². The predicted octanol–water partition coefficient (Wildman–Crippen LogP) is 3.08. The molecule has 0 unspecified atom stereocenters. The molecule has 1 aromatic rings. The van der Waals surface area contributed by atoms with Crippen LogP contribution in [0, 0.1) is 11.7 Å². The van der Waals surface area contributed by atoms with Crippen LogP contribution in [0.2, 0.25) is 0 Å². The number of hydrogen-bond acceptors (Lipinski definition) is 2. The summed E-state index contributed by atoms with van der Waals surface area (Å²) in [5.41, 5.74) is 7.03. The molecule has 0 amide bonds. The van der Waals surface area contributed by atoms with Crippen LogP contribution >= 0.6 is 12.2 Å². The first kappa shape index (κ1) is 14.4. The highest BCUT2D eigenvalue weighted by atomic mass is 32.1. The molecular weight excluding hydrogens is 259 g/mol. The Kier molecular flexibility index (Phi) is 4.53. The molecule has 2 N–H and O–H groups in total. The fourth-order valence-corrected chi connectivity index (χ4v) is 2.28. The fraction of sp³-hybridized carbons (Fsp3) is 0.533. The number of nitrogens with two attached hydrogens (primary N) is 1. The number of hydrogen-bond donors (Lipinski definition) is 1. The molecule has 1 aliphatic carbocycles. The van der Waals surface area contributed by atoms with Crippen molar-refractivity contribution in [3.8, 4) is 0 Å². The van der Waals surface area contributed by atoms with E-state index < -0.39 is 0 Å². The molecule has 1 aromatic carbocycles. The smallest absolute Gasteiger partial charge is 0.127 e. The van der Waals surface area contributed by atoms with Crippen molar-refractivity contribution in [3.05, 3.63) is 35.1 Å². The summed E-state index contributed by atoms with van der Waals surface area (Å²) in [6, 6.07) is 5.29. The van der Waals surface area contributed by atoms with E-state index >= 15 is 0 Å². The SMILES string of the molecule is CC(C)N(Cc1cc(C(N)=S)ccc1F)CC1CC1. The molecule has 0 bridgehead atoms. The molecule has 0 saturated heterocycles. The normalized spacial score (nSPS) is 15.2. The maximum Gasteiger partial charge on any atom is 0.127 e. The third-order valence-corrected chi connectivity index (χ3v) is 3.86. The molecule has 0 aromatic heterocycles. The number of nitrogens with zero attached hydrogens (tertiary/aromatic N) is 1. The van der Waals surface area contributed by atoms with E-state index in [9.17, 15) is 4.39 Å². The third-order valence-electron chi connectivity index (χ3n) is 3.62. The molecule has 0 aliphatic heterocycles. The lowest BCUT2D eigenvalue weighted by atomic mass is 10.1. The van der Waals surface area contributed by atoms with E-state index in [1.807, 2.05) is 0 Å². The first-order valence-electron chi connectivity index (χ1n) is 6.79. The predicted molar refractivity (Wildman–Crippen MR) is 80.6 cm³/mol. The Hall–Kier alpha value is -1.00. The van der Waals surface area contributed by atoms with Crippen LogP contribution in [-0.2, 0) is 6.54 Å². The summed E-state index contributed by atoms with van der Waals surface area (Å²) in [4.78, 5) is 2.64. The van der Waals surface area contributed by atoms with E-state index in [1.165, 1.54) is 18.9 Å². The second-order valence-corrected chi connectivity index (χ2v) is 6.08. The van der Waals surface area contributed by atoms with Gasteiger partial charge in [0, 0.05) is 30.3 Å². The summed E-state index contributed by atoms with van der Waals surface area (Å²) < 4.78 is 13.9. The molecular formula is C15H21FN2S. The largest absolute Gasteiger partial charge is 0.389 e. The van der Waals surface area contributed by atoms with Gasteiger partial charge in [0.15, 0.2) is 0 Å². The third kappa shape index (κ3) is 3.98. The second kappa shape index (κ2) is 5.97. The van der Waals surface area contributed by atoms with Crippen molar-refractivity contribution in [3.63, 3.8) is 0 Å². The average molecular weight is 280 g/mol. The Morgan fingerprint density at radius 2 is 2.16 bits per heavy atom. The van der Waals surface area contributed by atoms with E-state index in [4.69, 9.17) is 18.0 Å². The van der Waals surface area contributed by atoms with Gasteiger partial charge in [-0.1, -0.05) is 12.2 Å². The van der Waals surface area contributed by atoms with Gasteiger partial charge in [0.2, 0.25) is 0 Å². The Balaban J connectivity index is 2.14. The van der Waals surface area contributed by atoms with E-state index in [1.54, 1.807) is 12.1 Å². The van der Waals surface area contributed by atoms with Crippen molar-refractivity contribution in [2.24, 2.45) is 11.7 Å². The Morgan fingerprint density at radius 1 is 1.47 bits per heavy atom. The molecule has 1 saturated carbocycles. The van der Waals surface area contributed by atoms with Crippen LogP contribution in [0.3, 0.4) is 0 Å². The van der Waals surface area contributed by atoms with Crippen molar-refractivity contribution in [2.75, 3.05) is 6.54 Å². The molecule has 0 radical (unpaired) electrons. The van der Waals surface area contributed by atoms with Crippen molar-refractivity contribution in [1.29, 1.82) is 0 Å². The molecule has 2 rings (SSSR count). The summed E-state index contributed by atoms with van der Waals surface area (Å²) in [6.45, 7) is 5.97. The number of halogens is 1. The van der Waals surface area contributed by atoms with Gasteiger partial charge in [-0.15, -0.1) is 0 Å². The van der Waals surface area contributed by atoms with Crippen molar-refractivity contribution < 1.29 is 4.39 Å². The Morgan fingerprint density at radius 3 is 2.68 bits per heavy atom. The first-order chi connectivity index (χ1) is 8.97. The Bertz CT molecular complexity index is 469. The van der Waals surface area contributed by atoms with Gasteiger partial charge in [0.05, 0.1) is 0 Å². The molecule has 104 valence electrons. The summed E-state index contributed by atoms with van der Waals surface area (Å²) in [5, 5.41) is 0. The minimum Gasteiger partial charge on any atom is -0.389 e. The lowest BCUT2D eigenvalue weighted by molar-refractivity contribution is 0.201. The Labute approximate surface area is 119 Å². The summed E-state index contributed by atoms with van der Waals surface area (Å²) >= 11 is 4.95. The van der Waals surface area contributed by atoms with E-state index in [0.717, 1.165) is 18.0 Å². The minimum absolute atomic E-state index is 0.179. The van der Waals surface area contributed by atoms with Gasteiger partial charge in [0.1, 0.15) is 10.8 Å². The highest BCUT2D eigenvalue weighted by molar-refractivity contribution is 7.80. The second-order valence-electron chi connectivity index (χ2n) is 5.64. The minimum atomic E-state index is -0.179. The molecule has 2 nitrogen and oxygen atoms in total. The monoisotopic (exact) mass is 280 g/mol. The van der Waals surface area contributed by atoms with Crippen LogP contribution in [0.25, 0.3) is 0 Å². The molecule has 0 spiro atoms. The summed E-state index contributed by atoms with van der Waals surface area (Å²) in [5.74, 6) is 0.616. The zero-order chi connectivity index (χ0) is 14.0. The van der Waals surface area contributed by atoms with Crippen molar-refractivity contribution in [2.45, 2.75) is 39.3 Å². The molecule has 0 heterocycles. The van der Waals surface area contributed by atoms with Gasteiger partial charge in [-0.25, -0.2) is 4.39 Å². The average Bonchev–Trinajstić information content (AvgIpc) is 3.14. The topological polar surface area (TPSA) is 29.3 Å². The molecule has 19 heavy (non-hydrogen) atoms. The highest BCUT2D eigenvalue weighted by Crippen LogP contribution is 2.31. The number of benzene rings is 1. The van der Waals surface area contributed by atoms with Crippen LogP contribution in [0.1, 0.15) is 37.8 Å². The van der Waals surface area contributed by atoms with Gasteiger partial charge >= 0.3 is 0 Å². The molecule has 4 heteroatoms. The first-order valence-corrected chi connectivity index (χ1v) is 7.20. The lowest BCUT2D eigenvalue weighted by Gasteiger charge is -2.26. The van der Waals surface area contributed by atoms with Gasteiger partial charge in [-0.2, -0.15) is 0 Å². The highest BCUT2D eigenvalue weighted by Gasteiger charge is 2.26. The zero-order valence-corrected chi connectivity index (χ0v) is 12.3. The zero-order valence-electron chi connectivity index (χ0n) is 11.5. The van der Waals surface area contributed by atoms with E-state index in [0.29, 0.717) is 23.1 Å².